The van der Waals surface area contributed by atoms with Crippen LogP contribution in [-0.4, -0.2) is 53.9 Å². The maximum Gasteiger partial charge on any atom is 0.161 e. The Kier molecular flexibility index (Phi) is 5.96. The van der Waals surface area contributed by atoms with Gasteiger partial charge in [0.15, 0.2) is 11.5 Å². The van der Waals surface area contributed by atoms with Crippen LogP contribution >= 0.6 is 0 Å². The van der Waals surface area contributed by atoms with E-state index in [2.05, 4.69) is 19.1 Å². The van der Waals surface area contributed by atoms with E-state index in [0.717, 1.165) is 46.6 Å². The number of aliphatic hydroxyl groups is 2. The average Bonchev–Trinajstić information content (AvgIpc) is 3.55. The molecule has 1 spiro atoms. The molecule has 2 fully saturated rings. The maximum absolute atomic E-state index is 10.8. The van der Waals surface area contributed by atoms with Crippen molar-refractivity contribution < 1.29 is 33.9 Å². The first-order chi connectivity index (χ1) is 17.0. The summed E-state index contributed by atoms with van der Waals surface area (Å²) in [5.74, 6) is 2.27. The summed E-state index contributed by atoms with van der Waals surface area (Å²) in [6, 6.07) is 10.2. The fourth-order valence-electron chi connectivity index (χ4n) is 5.44. The van der Waals surface area contributed by atoms with Crippen LogP contribution in [0.2, 0.25) is 0 Å². The van der Waals surface area contributed by atoms with Gasteiger partial charge in [-0.1, -0.05) is 6.07 Å². The molecule has 2 aromatic rings. The van der Waals surface area contributed by atoms with E-state index in [0.29, 0.717) is 44.8 Å². The van der Waals surface area contributed by atoms with Crippen molar-refractivity contribution in [2.75, 3.05) is 19.8 Å². The molecule has 7 nitrogen and oxygen atoms in total. The molecule has 3 heterocycles. The molecule has 2 unspecified atom stereocenters. The second-order valence-corrected chi connectivity index (χ2v) is 9.98. The first-order valence-electron chi connectivity index (χ1n) is 12.5. The van der Waals surface area contributed by atoms with E-state index in [1.165, 1.54) is 0 Å². The van der Waals surface area contributed by atoms with Crippen LogP contribution in [0.3, 0.4) is 0 Å². The number of aryl methyl sites for hydroxylation is 1. The van der Waals surface area contributed by atoms with Gasteiger partial charge in [0.2, 0.25) is 0 Å². The van der Waals surface area contributed by atoms with Crippen LogP contribution in [0, 0.1) is 6.92 Å². The van der Waals surface area contributed by atoms with Gasteiger partial charge in [0, 0.05) is 25.0 Å². The summed E-state index contributed by atoms with van der Waals surface area (Å²) in [6.07, 6.45) is 4.55. The molecular formula is C28H32O7. The standard InChI is InChI=1S/C28H32O7/c1-17-11-23-20(14-19(17)12-18-5-6-22-25(13-18)33-10-9-32-22)24-15-21(29)27(30)28(35-24)16-26(28)34-8-4-2-3-7-31-23/h3,5-7,11,13-14,21,24,26-27,29-30H,2,4,8-10,12,15-16H2,1H3/b7-3+/t21-,24-,26?,27+,28?/m1/s1. The molecule has 7 heteroatoms. The summed E-state index contributed by atoms with van der Waals surface area (Å²) in [5.41, 5.74) is 3.38. The van der Waals surface area contributed by atoms with Gasteiger partial charge in [-0.15, -0.1) is 0 Å². The topological polar surface area (TPSA) is 86.6 Å². The normalized spacial score (nSPS) is 32.5. The van der Waals surface area contributed by atoms with Gasteiger partial charge in [0.05, 0.1) is 24.6 Å². The average molecular weight is 481 g/mol. The highest BCUT2D eigenvalue weighted by Crippen LogP contribution is 2.54. The summed E-state index contributed by atoms with van der Waals surface area (Å²) >= 11 is 0. The number of rotatable bonds is 2. The smallest absolute Gasteiger partial charge is 0.161 e. The fourth-order valence-corrected chi connectivity index (χ4v) is 5.44. The van der Waals surface area contributed by atoms with Gasteiger partial charge in [0.25, 0.3) is 0 Å². The third-order valence-electron chi connectivity index (χ3n) is 7.51. The highest BCUT2D eigenvalue weighted by atomic mass is 16.6. The van der Waals surface area contributed by atoms with E-state index in [1.807, 2.05) is 24.3 Å². The largest absolute Gasteiger partial charge is 0.486 e. The molecule has 35 heavy (non-hydrogen) atoms. The van der Waals surface area contributed by atoms with Crippen molar-refractivity contribution in [3.63, 3.8) is 0 Å². The molecule has 1 saturated carbocycles. The van der Waals surface area contributed by atoms with Crippen molar-refractivity contribution >= 4 is 0 Å². The lowest BCUT2D eigenvalue weighted by molar-refractivity contribution is -0.200. The zero-order valence-electron chi connectivity index (χ0n) is 19.9. The SMILES string of the molecule is Cc1cc2c(cc1Cc1ccc3c(c1)OCCO3)[C@H]1C[C@@H](O)[C@H](O)C3(CC3OCCC/C=C/O2)O1. The third kappa shape index (κ3) is 4.31. The van der Waals surface area contributed by atoms with E-state index >= 15 is 0 Å². The zero-order chi connectivity index (χ0) is 24.0. The number of aliphatic hydroxyl groups excluding tert-OH is 2. The Labute approximate surface area is 205 Å². The predicted octanol–water partition coefficient (Wildman–Crippen LogP) is 3.75. The summed E-state index contributed by atoms with van der Waals surface area (Å²) in [6.45, 7) is 3.78. The Balaban J connectivity index is 1.35. The van der Waals surface area contributed by atoms with Crippen LogP contribution in [0.1, 0.15) is 54.0 Å². The van der Waals surface area contributed by atoms with Crippen LogP contribution in [0.5, 0.6) is 17.2 Å². The number of hydrogen-bond acceptors (Lipinski definition) is 7. The minimum absolute atomic E-state index is 0.202. The monoisotopic (exact) mass is 480 g/mol. The van der Waals surface area contributed by atoms with E-state index in [4.69, 9.17) is 23.7 Å². The quantitative estimate of drug-likeness (QED) is 0.677. The van der Waals surface area contributed by atoms with Gasteiger partial charge >= 0.3 is 0 Å². The Morgan fingerprint density at radius 2 is 1.86 bits per heavy atom. The van der Waals surface area contributed by atoms with Crippen molar-refractivity contribution in [3.05, 3.63) is 64.9 Å². The molecule has 4 aliphatic rings. The molecule has 0 amide bonds. The van der Waals surface area contributed by atoms with Gasteiger partial charge in [0.1, 0.15) is 30.7 Å². The third-order valence-corrected chi connectivity index (χ3v) is 7.51. The van der Waals surface area contributed by atoms with Crippen molar-refractivity contribution in [1.82, 2.24) is 0 Å². The first-order valence-corrected chi connectivity index (χ1v) is 12.5. The molecule has 2 aromatic carbocycles. The number of fused-ring (bicyclic) bond motifs is 4. The molecular weight excluding hydrogens is 448 g/mol. The van der Waals surface area contributed by atoms with Gasteiger partial charge in [-0.05, 0) is 73.2 Å². The van der Waals surface area contributed by atoms with Crippen LogP contribution < -0.4 is 14.2 Å². The van der Waals surface area contributed by atoms with Gasteiger partial charge in [-0.3, -0.25) is 0 Å². The highest BCUT2D eigenvalue weighted by molar-refractivity contribution is 5.49. The van der Waals surface area contributed by atoms with Gasteiger partial charge < -0.3 is 33.9 Å². The van der Waals surface area contributed by atoms with E-state index in [9.17, 15) is 10.2 Å². The van der Waals surface area contributed by atoms with E-state index < -0.39 is 23.9 Å². The highest BCUT2D eigenvalue weighted by Gasteiger charge is 2.66. The maximum atomic E-state index is 10.8. The number of ether oxygens (including phenoxy) is 5. The van der Waals surface area contributed by atoms with Crippen LogP contribution in [0.25, 0.3) is 0 Å². The van der Waals surface area contributed by atoms with E-state index in [-0.39, 0.29) is 6.10 Å². The minimum Gasteiger partial charge on any atom is -0.486 e. The zero-order valence-corrected chi connectivity index (χ0v) is 19.9. The summed E-state index contributed by atoms with van der Waals surface area (Å²) < 4.78 is 30.0. The Morgan fingerprint density at radius 3 is 2.74 bits per heavy atom. The first kappa shape index (κ1) is 22.9. The molecule has 2 N–H and O–H groups in total. The van der Waals surface area contributed by atoms with Crippen LogP contribution in [-0.2, 0) is 15.9 Å². The second kappa shape index (κ2) is 9.13. The fraction of sp³-hybridized carbons (Fsp3) is 0.500. The van der Waals surface area contributed by atoms with Crippen molar-refractivity contribution in [2.24, 2.45) is 0 Å². The minimum atomic E-state index is -0.959. The Hall–Kier alpha value is -2.58. The second-order valence-electron chi connectivity index (χ2n) is 9.98. The number of allylic oxidation sites excluding steroid dienone is 1. The van der Waals surface area contributed by atoms with E-state index in [1.54, 1.807) is 6.26 Å². The molecule has 5 atom stereocenters. The Morgan fingerprint density at radius 1 is 1.00 bits per heavy atom. The molecule has 3 aliphatic heterocycles. The lowest BCUT2D eigenvalue weighted by atomic mass is 9.89. The van der Waals surface area contributed by atoms with Crippen LogP contribution in [0.4, 0.5) is 0 Å². The molecule has 1 saturated heterocycles. The predicted molar refractivity (Wildman–Crippen MR) is 128 cm³/mol. The lowest BCUT2D eigenvalue weighted by Crippen LogP contribution is -2.49. The molecule has 6 rings (SSSR count). The molecule has 0 radical (unpaired) electrons. The molecule has 2 bridgehead atoms. The summed E-state index contributed by atoms with van der Waals surface area (Å²) in [4.78, 5) is 0. The van der Waals surface area contributed by atoms with Crippen molar-refractivity contribution in [2.45, 2.75) is 69.0 Å². The van der Waals surface area contributed by atoms with Gasteiger partial charge in [-0.2, -0.15) is 0 Å². The lowest BCUT2D eigenvalue weighted by Gasteiger charge is -2.39. The summed E-state index contributed by atoms with van der Waals surface area (Å²) in [5, 5.41) is 21.5. The van der Waals surface area contributed by atoms with Gasteiger partial charge in [-0.25, -0.2) is 0 Å². The molecule has 186 valence electrons. The van der Waals surface area contributed by atoms with Crippen LogP contribution in [0.15, 0.2) is 42.7 Å². The molecule has 0 aromatic heterocycles. The van der Waals surface area contributed by atoms with Crippen molar-refractivity contribution in [1.29, 1.82) is 0 Å². The molecule has 1 aliphatic carbocycles. The Bertz CT molecular complexity index is 1130. The van der Waals surface area contributed by atoms with Crippen molar-refractivity contribution in [3.8, 4) is 17.2 Å². The number of hydrogen-bond donors (Lipinski definition) is 2. The summed E-state index contributed by atoms with van der Waals surface area (Å²) in [7, 11) is 0. The number of benzene rings is 2.